The van der Waals surface area contributed by atoms with Crippen molar-refractivity contribution in [2.75, 3.05) is 6.54 Å². The van der Waals surface area contributed by atoms with Gasteiger partial charge in [0.1, 0.15) is 5.82 Å². The summed E-state index contributed by atoms with van der Waals surface area (Å²) in [7, 11) is 0. The lowest BCUT2D eigenvalue weighted by atomic mass is 9.75. The molecule has 0 radical (unpaired) electrons. The number of nitrogens with two attached hydrogens (primary N) is 1. The van der Waals surface area contributed by atoms with Crippen LogP contribution in [0.5, 0.6) is 0 Å². The summed E-state index contributed by atoms with van der Waals surface area (Å²) in [5.41, 5.74) is 7.31. The second kappa shape index (κ2) is 5.63. The molecule has 1 nitrogen and oxygen atoms in total. The molecule has 0 heterocycles. The lowest BCUT2D eigenvalue weighted by Crippen LogP contribution is -2.32. The standard InChI is InChI=1S/C15H22FN/c16-14-7-5-6-13(10-14)11-15(12-17)8-3-1-2-4-9-15/h5-7,10H,1-4,8-9,11-12,17H2. The summed E-state index contributed by atoms with van der Waals surface area (Å²) in [5.74, 6) is -0.136. The number of hydrogen-bond acceptors (Lipinski definition) is 1. The topological polar surface area (TPSA) is 26.0 Å². The van der Waals surface area contributed by atoms with Gasteiger partial charge in [-0.05, 0) is 48.9 Å². The smallest absolute Gasteiger partial charge is 0.123 e. The van der Waals surface area contributed by atoms with Crippen LogP contribution in [0.2, 0.25) is 0 Å². The van der Waals surface area contributed by atoms with Crippen LogP contribution in [-0.4, -0.2) is 6.54 Å². The molecule has 1 fully saturated rings. The van der Waals surface area contributed by atoms with Gasteiger partial charge >= 0.3 is 0 Å². The van der Waals surface area contributed by atoms with E-state index in [-0.39, 0.29) is 11.2 Å². The maximum Gasteiger partial charge on any atom is 0.123 e. The number of hydrogen-bond donors (Lipinski definition) is 1. The van der Waals surface area contributed by atoms with Crippen molar-refractivity contribution in [1.82, 2.24) is 0 Å². The zero-order chi connectivity index (χ0) is 12.1. The van der Waals surface area contributed by atoms with Gasteiger partial charge in [-0.1, -0.05) is 37.8 Å². The van der Waals surface area contributed by atoms with Crippen LogP contribution in [-0.2, 0) is 6.42 Å². The van der Waals surface area contributed by atoms with Crippen LogP contribution in [0, 0.1) is 11.2 Å². The molecule has 17 heavy (non-hydrogen) atoms. The molecule has 94 valence electrons. The lowest BCUT2D eigenvalue weighted by Gasteiger charge is -2.31. The summed E-state index contributed by atoms with van der Waals surface area (Å²) in [4.78, 5) is 0. The molecule has 0 unspecified atom stereocenters. The minimum Gasteiger partial charge on any atom is -0.330 e. The first-order chi connectivity index (χ1) is 8.24. The molecule has 2 rings (SSSR count). The Morgan fingerprint density at radius 1 is 1.12 bits per heavy atom. The third-order valence-electron chi connectivity index (χ3n) is 4.07. The van der Waals surface area contributed by atoms with Gasteiger partial charge in [0.05, 0.1) is 0 Å². The predicted molar refractivity (Wildman–Crippen MR) is 69.3 cm³/mol. The van der Waals surface area contributed by atoms with Gasteiger partial charge in [0.25, 0.3) is 0 Å². The quantitative estimate of drug-likeness (QED) is 0.795. The Bertz CT molecular complexity index is 354. The first-order valence-corrected chi connectivity index (χ1v) is 6.69. The molecule has 1 aliphatic rings. The first-order valence-electron chi connectivity index (χ1n) is 6.69. The molecular formula is C15H22FN. The van der Waals surface area contributed by atoms with Crippen molar-refractivity contribution in [3.63, 3.8) is 0 Å². The summed E-state index contributed by atoms with van der Waals surface area (Å²) in [6.07, 6.45) is 8.51. The molecule has 1 aliphatic carbocycles. The van der Waals surface area contributed by atoms with Crippen LogP contribution >= 0.6 is 0 Å². The molecule has 0 spiro atoms. The molecule has 2 N–H and O–H groups in total. The molecular weight excluding hydrogens is 213 g/mol. The Kier molecular flexibility index (Phi) is 4.16. The Morgan fingerprint density at radius 2 is 1.82 bits per heavy atom. The van der Waals surface area contributed by atoms with Crippen molar-refractivity contribution < 1.29 is 4.39 Å². The molecule has 1 aromatic carbocycles. The van der Waals surface area contributed by atoms with Gasteiger partial charge in [-0.25, -0.2) is 4.39 Å². The highest BCUT2D eigenvalue weighted by Gasteiger charge is 2.29. The highest BCUT2D eigenvalue weighted by atomic mass is 19.1. The van der Waals surface area contributed by atoms with E-state index < -0.39 is 0 Å². The van der Waals surface area contributed by atoms with E-state index in [9.17, 15) is 4.39 Å². The maximum atomic E-state index is 13.2. The zero-order valence-electron chi connectivity index (χ0n) is 10.4. The van der Waals surface area contributed by atoms with Crippen molar-refractivity contribution in [3.05, 3.63) is 35.6 Å². The van der Waals surface area contributed by atoms with Crippen molar-refractivity contribution in [2.45, 2.75) is 44.9 Å². The highest BCUT2D eigenvalue weighted by molar-refractivity contribution is 5.18. The van der Waals surface area contributed by atoms with Gasteiger partial charge in [0, 0.05) is 0 Å². The van der Waals surface area contributed by atoms with Crippen LogP contribution < -0.4 is 5.73 Å². The Labute approximate surface area is 103 Å². The van der Waals surface area contributed by atoms with Crippen LogP contribution in [0.15, 0.2) is 24.3 Å². The van der Waals surface area contributed by atoms with Gasteiger partial charge in [0.2, 0.25) is 0 Å². The Hall–Kier alpha value is -0.890. The molecule has 1 saturated carbocycles. The van der Waals surface area contributed by atoms with E-state index in [2.05, 4.69) is 0 Å². The molecule has 0 aliphatic heterocycles. The summed E-state index contributed by atoms with van der Waals surface area (Å²) < 4.78 is 13.2. The van der Waals surface area contributed by atoms with E-state index in [1.807, 2.05) is 6.07 Å². The fourth-order valence-corrected chi connectivity index (χ4v) is 3.01. The van der Waals surface area contributed by atoms with Crippen LogP contribution in [0.25, 0.3) is 0 Å². The predicted octanol–water partition coefficient (Wildman–Crippen LogP) is 3.67. The molecule has 0 saturated heterocycles. The fraction of sp³-hybridized carbons (Fsp3) is 0.600. The summed E-state index contributed by atoms with van der Waals surface area (Å²) >= 11 is 0. The molecule has 2 heteroatoms. The van der Waals surface area contributed by atoms with E-state index in [0.717, 1.165) is 18.5 Å². The van der Waals surface area contributed by atoms with Crippen LogP contribution in [0.4, 0.5) is 4.39 Å². The number of rotatable bonds is 3. The fourth-order valence-electron chi connectivity index (χ4n) is 3.01. The van der Waals surface area contributed by atoms with Gasteiger partial charge in [-0.3, -0.25) is 0 Å². The summed E-state index contributed by atoms with van der Waals surface area (Å²) in [6.45, 7) is 0.726. The van der Waals surface area contributed by atoms with E-state index in [1.165, 1.54) is 44.6 Å². The SMILES string of the molecule is NCC1(Cc2cccc(F)c2)CCCCCC1. The average molecular weight is 235 g/mol. The molecule has 0 amide bonds. The lowest BCUT2D eigenvalue weighted by molar-refractivity contribution is 0.252. The third kappa shape index (κ3) is 3.29. The molecule has 0 atom stereocenters. The van der Waals surface area contributed by atoms with E-state index in [4.69, 9.17) is 5.73 Å². The van der Waals surface area contributed by atoms with E-state index in [0.29, 0.717) is 0 Å². The minimum atomic E-state index is -0.136. The van der Waals surface area contributed by atoms with Crippen molar-refractivity contribution in [2.24, 2.45) is 11.1 Å². The van der Waals surface area contributed by atoms with Crippen molar-refractivity contribution in [1.29, 1.82) is 0 Å². The highest BCUT2D eigenvalue weighted by Crippen LogP contribution is 2.37. The van der Waals surface area contributed by atoms with Crippen LogP contribution in [0.1, 0.15) is 44.1 Å². The summed E-state index contributed by atoms with van der Waals surface area (Å²) in [5, 5.41) is 0. The number of benzene rings is 1. The van der Waals surface area contributed by atoms with Gasteiger partial charge < -0.3 is 5.73 Å². The zero-order valence-corrected chi connectivity index (χ0v) is 10.4. The van der Waals surface area contributed by atoms with Gasteiger partial charge in [0.15, 0.2) is 0 Å². The number of halogens is 1. The Morgan fingerprint density at radius 3 is 2.41 bits per heavy atom. The Balaban J connectivity index is 2.12. The molecule has 1 aromatic rings. The monoisotopic (exact) mass is 235 g/mol. The molecule has 0 aromatic heterocycles. The third-order valence-corrected chi connectivity index (χ3v) is 4.07. The largest absolute Gasteiger partial charge is 0.330 e. The van der Waals surface area contributed by atoms with Crippen LogP contribution in [0.3, 0.4) is 0 Å². The van der Waals surface area contributed by atoms with Gasteiger partial charge in [-0.2, -0.15) is 0 Å². The second-order valence-electron chi connectivity index (χ2n) is 5.43. The van der Waals surface area contributed by atoms with Crippen molar-refractivity contribution >= 4 is 0 Å². The molecule has 0 bridgehead atoms. The average Bonchev–Trinajstić information content (AvgIpc) is 2.55. The van der Waals surface area contributed by atoms with Crippen molar-refractivity contribution in [3.8, 4) is 0 Å². The maximum absolute atomic E-state index is 13.2. The van der Waals surface area contributed by atoms with E-state index in [1.54, 1.807) is 12.1 Å². The van der Waals surface area contributed by atoms with E-state index >= 15 is 0 Å². The normalized spacial score (nSPS) is 19.9. The first kappa shape index (κ1) is 12.6. The van der Waals surface area contributed by atoms with Gasteiger partial charge in [-0.15, -0.1) is 0 Å². The minimum absolute atomic E-state index is 0.136. The second-order valence-corrected chi connectivity index (χ2v) is 5.43. The summed E-state index contributed by atoms with van der Waals surface area (Å²) in [6, 6.07) is 6.98.